The Balaban J connectivity index is 1.27. The van der Waals surface area contributed by atoms with Crippen LogP contribution < -0.4 is 5.32 Å². The Morgan fingerprint density at radius 1 is 1.27 bits per heavy atom. The molecule has 1 saturated carbocycles. The molecule has 0 aliphatic heterocycles. The summed E-state index contributed by atoms with van der Waals surface area (Å²) in [4.78, 5) is 12.2. The van der Waals surface area contributed by atoms with Gasteiger partial charge in [-0.2, -0.15) is 5.10 Å². The fourth-order valence-corrected chi connectivity index (χ4v) is 3.86. The molecule has 1 N–H and O–H groups in total. The van der Waals surface area contributed by atoms with Crippen molar-refractivity contribution in [3.8, 4) is 0 Å². The molecule has 3 atom stereocenters. The molecular formula is C18H21N3O. The Morgan fingerprint density at radius 2 is 2.18 bits per heavy atom. The van der Waals surface area contributed by atoms with Gasteiger partial charge in [-0.1, -0.05) is 30.4 Å². The van der Waals surface area contributed by atoms with Gasteiger partial charge in [0, 0.05) is 24.4 Å². The number of para-hydroxylation sites is 1. The summed E-state index contributed by atoms with van der Waals surface area (Å²) in [6.07, 6.45) is 9.53. The Bertz CT molecular complexity index is 718. The summed E-state index contributed by atoms with van der Waals surface area (Å²) in [7, 11) is 0. The highest BCUT2D eigenvalue weighted by atomic mass is 16.1. The molecular weight excluding hydrogens is 274 g/mol. The third-order valence-electron chi connectivity index (χ3n) is 5.01. The van der Waals surface area contributed by atoms with E-state index < -0.39 is 0 Å². The van der Waals surface area contributed by atoms with E-state index in [1.54, 1.807) is 0 Å². The van der Waals surface area contributed by atoms with E-state index >= 15 is 0 Å². The van der Waals surface area contributed by atoms with Crippen LogP contribution in [0.4, 0.5) is 0 Å². The number of allylic oxidation sites excluding steroid dienone is 2. The molecule has 0 spiro atoms. The summed E-state index contributed by atoms with van der Waals surface area (Å²) in [6.45, 7) is 1.56. The van der Waals surface area contributed by atoms with Crippen molar-refractivity contribution in [3.63, 3.8) is 0 Å². The van der Waals surface area contributed by atoms with E-state index in [9.17, 15) is 4.79 Å². The second-order valence-corrected chi connectivity index (χ2v) is 6.46. The van der Waals surface area contributed by atoms with Crippen molar-refractivity contribution in [1.82, 2.24) is 15.1 Å². The quantitative estimate of drug-likeness (QED) is 0.681. The summed E-state index contributed by atoms with van der Waals surface area (Å²) < 4.78 is 2.02. The molecule has 2 bridgehead atoms. The fraction of sp³-hybridized carbons (Fsp3) is 0.444. The minimum atomic E-state index is 0.209. The summed E-state index contributed by atoms with van der Waals surface area (Å²) in [5.41, 5.74) is 1.16. The number of carbonyl (C=O) groups is 1. The van der Waals surface area contributed by atoms with Crippen LogP contribution in [0.1, 0.15) is 19.3 Å². The molecule has 2 aromatic rings. The number of aromatic nitrogens is 2. The van der Waals surface area contributed by atoms with E-state index in [2.05, 4.69) is 34.7 Å². The number of nitrogens with one attached hydrogen (secondary N) is 1. The van der Waals surface area contributed by atoms with Gasteiger partial charge in [0.2, 0.25) is 5.91 Å². The largest absolute Gasteiger partial charge is 0.356 e. The standard InChI is InChI=1S/C18H21N3O/c22-18(16-11-13-6-7-14(16)10-13)19-8-3-9-21-17-5-2-1-4-15(17)12-20-21/h1-2,4-7,12-14,16H,3,8-11H2,(H,19,22)/t13-,14+,16-/m1/s1. The summed E-state index contributed by atoms with van der Waals surface area (Å²) in [6, 6.07) is 8.22. The normalized spacial score (nSPS) is 25.9. The van der Waals surface area contributed by atoms with Gasteiger partial charge in [0.05, 0.1) is 11.7 Å². The van der Waals surface area contributed by atoms with Gasteiger partial charge in [-0.15, -0.1) is 0 Å². The van der Waals surface area contributed by atoms with Gasteiger partial charge < -0.3 is 5.32 Å². The van der Waals surface area contributed by atoms with E-state index in [-0.39, 0.29) is 11.8 Å². The second-order valence-electron chi connectivity index (χ2n) is 6.46. The van der Waals surface area contributed by atoms with Crippen molar-refractivity contribution in [2.45, 2.75) is 25.8 Å². The summed E-state index contributed by atoms with van der Waals surface area (Å²) >= 11 is 0. The molecule has 0 unspecified atom stereocenters. The van der Waals surface area contributed by atoms with Crippen molar-refractivity contribution in [1.29, 1.82) is 0 Å². The minimum Gasteiger partial charge on any atom is -0.356 e. The Morgan fingerprint density at radius 3 is 3.00 bits per heavy atom. The van der Waals surface area contributed by atoms with Gasteiger partial charge in [0.15, 0.2) is 0 Å². The van der Waals surface area contributed by atoms with Crippen molar-refractivity contribution in [2.24, 2.45) is 17.8 Å². The number of rotatable bonds is 5. The van der Waals surface area contributed by atoms with Gasteiger partial charge in [0.1, 0.15) is 0 Å². The zero-order valence-electron chi connectivity index (χ0n) is 12.6. The van der Waals surface area contributed by atoms with Gasteiger partial charge in [0.25, 0.3) is 0 Å². The highest BCUT2D eigenvalue weighted by Crippen LogP contribution is 2.43. The number of benzene rings is 1. The third kappa shape index (κ3) is 2.43. The maximum absolute atomic E-state index is 12.2. The lowest BCUT2D eigenvalue weighted by Gasteiger charge is -2.17. The molecule has 1 amide bonds. The Labute approximate surface area is 130 Å². The first-order valence-electron chi connectivity index (χ1n) is 8.18. The van der Waals surface area contributed by atoms with Crippen LogP contribution in [0.5, 0.6) is 0 Å². The van der Waals surface area contributed by atoms with Gasteiger partial charge in [-0.25, -0.2) is 0 Å². The predicted molar refractivity (Wildman–Crippen MR) is 86.2 cm³/mol. The van der Waals surface area contributed by atoms with Crippen LogP contribution >= 0.6 is 0 Å². The lowest BCUT2D eigenvalue weighted by atomic mass is 9.93. The van der Waals surface area contributed by atoms with Crippen LogP contribution in [-0.4, -0.2) is 22.2 Å². The SMILES string of the molecule is O=C(NCCCn1ncc2ccccc21)[C@@H]1C[C@@H]2C=C[C@H]1C2. The molecule has 0 radical (unpaired) electrons. The van der Waals surface area contributed by atoms with E-state index in [1.807, 2.05) is 23.0 Å². The summed E-state index contributed by atoms with van der Waals surface area (Å²) in [5, 5.41) is 8.69. The molecule has 1 heterocycles. The van der Waals surface area contributed by atoms with Crippen LogP contribution in [0.3, 0.4) is 0 Å². The zero-order valence-corrected chi connectivity index (χ0v) is 12.6. The van der Waals surface area contributed by atoms with E-state index in [1.165, 1.54) is 11.8 Å². The average Bonchev–Trinajstić information content (AvgIpc) is 3.26. The smallest absolute Gasteiger partial charge is 0.223 e. The number of hydrogen-bond acceptors (Lipinski definition) is 2. The van der Waals surface area contributed by atoms with Gasteiger partial charge >= 0.3 is 0 Å². The van der Waals surface area contributed by atoms with Crippen molar-refractivity contribution >= 4 is 16.8 Å². The molecule has 4 rings (SSSR count). The maximum atomic E-state index is 12.2. The topological polar surface area (TPSA) is 46.9 Å². The van der Waals surface area contributed by atoms with Crippen molar-refractivity contribution < 1.29 is 4.79 Å². The highest BCUT2D eigenvalue weighted by molar-refractivity contribution is 5.80. The van der Waals surface area contributed by atoms with Gasteiger partial charge in [-0.3, -0.25) is 9.48 Å². The molecule has 1 fully saturated rings. The number of nitrogens with zero attached hydrogens (tertiary/aromatic N) is 2. The number of hydrogen-bond donors (Lipinski definition) is 1. The first-order chi connectivity index (χ1) is 10.8. The number of aryl methyl sites for hydroxylation is 1. The first kappa shape index (κ1) is 13.6. The maximum Gasteiger partial charge on any atom is 0.223 e. The highest BCUT2D eigenvalue weighted by Gasteiger charge is 2.39. The van der Waals surface area contributed by atoms with E-state index in [4.69, 9.17) is 0 Å². The van der Waals surface area contributed by atoms with Crippen LogP contribution in [0, 0.1) is 17.8 Å². The minimum absolute atomic E-state index is 0.209. The van der Waals surface area contributed by atoms with Crippen molar-refractivity contribution in [2.75, 3.05) is 6.54 Å². The number of carbonyl (C=O) groups excluding carboxylic acids is 1. The van der Waals surface area contributed by atoms with Crippen LogP contribution in [0.25, 0.3) is 10.9 Å². The Kier molecular flexibility index (Phi) is 3.45. The number of amides is 1. The zero-order chi connectivity index (χ0) is 14.9. The number of fused-ring (bicyclic) bond motifs is 3. The summed E-state index contributed by atoms with van der Waals surface area (Å²) in [5.74, 6) is 1.58. The fourth-order valence-electron chi connectivity index (χ4n) is 3.86. The van der Waals surface area contributed by atoms with Gasteiger partial charge in [-0.05, 0) is 37.2 Å². The molecule has 0 saturated heterocycles. The van der Waals surface area contributed by atoms with Crippen LogP contribution in [0.15, 0.2) is 42.6 Å². The second kappa shape index (κ2) is 5.59. The monoisotopic (exact) mass is 295 g/mol. The molecule has 1 aromatic carbocycles. The predicted octanol–water partition coefficient (Wildman–Crippen LogP) is 2.75. The van der Waals surface area contributed by atoms with Crippen molar-refractivity contribution in [3.05, 3.63) is 42.6 Å². The molecule has 114 valence electrons. The van der Waals surface area contributed by atoms with E-state index in [0.29, 0.717) is 11.8 Å². The molecule has 2 aliphatic carbocycles. The van der Waals surface area contributed by atoms with Crippen LogP contribution in [0.2, 0.25) is 0 Å². The molecule has 1 aromatic heterocycles. The molecule has 2 aliphatic rings. The lowest BCUT2D eigenvalue weighted by molar-refractivity contribution is -0.125. The third-order valence-corrected chi connectivity index (χ3v) is 5.01. The Hall–Kier alpha value is -2.10. The lowest BCUT2D eigenvalue weighted by Crippen LogP contribution is -2.33. The molecule has 4 heteroatoms. The van der Waals surface area contributed by atoms with Crippen LogP contribution in [-0.2, 0) is 11.3 Å². The average molecular weight is 295 g/mol. The van der Waals surface area contributed by atoms with E-state index in [0.717, 1.165) is 31.4 Å². The molecule has 22 heavy (non-hydrogen) atoms. The molecule has 4 nitrogen and oxygen atoms in total. The first-order valence-corrected chi connectivity index (χ1v) is 8.18.